The summed E-state index contributed by atoms with van der Waals surface area (Å²) < 4.78 is 7.66. The van der Waals surface area contributed by atoms with Crippen molar-refractivity contribution in [2.45, 2.75) is 58.5 Å². The van der Waals surface area contributed by atoms with Crippen molar-refractivity contribution < 1.29 is 4.74 Å². The highest BCUT2D eigenvalue weighted by Gasteiger charge is 2.19. The Kier molecular flexibility index (Phi) is 7.03. The zero-order valence-electron chi connectivity index (χ0n) is 12.9. The molecular formula is C17H25Br2NO. The lowest BCUT2D eigenvalue weighted by atomic mass is 9.84. The first kappa shape index (κ1) is 17.3. The molecule has 1 aromatic carbocycles. The molecule has 1 aliphatic carbocycles. The number of hydrogen-bond donors (Lipinski definition) is 1. The van der Waals surface area contributed by atoms with E-state index in [9.17, 15) is 0 Å². The first-order valence-corrected chi connectivity index (χ1v) is 9.54. The summed E-state index contributed by atoms with van der Waals surface area (Å²) in [5.41, 5.74) is 1.28. The topological polar surface area (TPSA) is 21.3 Å². The Morgan fingerprint density at radius 2 is 1.81 bits per heavy atom. The molecule has 0 heterocycles. The molecule has 118 valence electrons. The van der Waals surface area contributed by atoms with Gasteiger partial charge >= 0.3 is 0 Å². The summed E-state index contributed by atoms with van der Waals surface area (Å²) in [6.45, 7) is 5.91. The van der Waals surface area contributed by atoms with Gasteiger partial charge in [0.2, 0.25) is 0 Å². The third-order valence-electron chi connectivity index (χ3n) is 4.33. The Hall–Kier alpha value is -0.0600. The molecule has 1 aliphatic rings. The lowest BCUT2D eigenvalue weighted by Gasteiger charge is -2.28. The molecule has 0 aliphatic heterocycles. The maximum absolute atomic E-state index is 5.63. The fourth-order valence-electron chi connectivity index (χ4n) is 3.08. The number of ether oxygens (including phenoxy) is 1. The fraction of sp³-hybridized carbons (Fsp3) is 0.647. The van der Waals surface area contributed by atoms with Crippen LogP contribution in [0.4, 0.5) is 0 Å². The quantitative estimate of drug-likeness (QED) is 0.642. The molecule has 0 saturated heterocycles. The second-order valence-electron chi connectivity index (χ2n) is 5.89. The van der Waals surface area contributed by atoms with Crippen molar-refractivity contribution in [3.8, 4) is 5.75 Å². The summed E-state index contributed by atoms with van der Waals surface area (Å²) in [7, 11) is 0. The van der Waals surface area contributed by atoms with Gasteiger partial charge in [0.15, 0.2) is 0 Å². The average molecular weight is 419 g/mol. The molecule has 1 atom stereocenters. The molecule has 0 aromatic heterocycles. The fourth-order valence-corrected chi connectivity index (χ4v) is 4.59. The van der Waals surface area contributed by atoms with Crippen molar-refractivity contribution >= 4 is 31.9 Å². The van der Waals surface area contributed by atoms with E-state index in [0.29, 0.717) is 12.6 Å². The molecule has 4 heteroatoms. The molecule has 1 fully saturated rings. The lowest BCUT2D eigenvalue weighted by molar-refractivity contribution is 0.280. The number of benzene rings is 1. The third kappa shape index (κ3) is 4.97. The largest absolute Gasteiger partial charge is 0.492 e. The van der Waals surface area contributed by atoms with E-state index in [-0.39, 0.29) is 0 Å². The number of rotatable bonds is 6. The number of hydrogen-bond acceptors (Lipinski definition) is 2. The van der Waals surface area contributed by atoms with Crippen LogP contribution in [0.15, 0.2) is 21.1 Å². The highest BCUT2D eigenvalue weighted by molar-refractivity contribution is 9.11. The molecule has 1 N–H and O–H groups in total. The molecule has 0 bridgehead atoms. The monoisotopic (exact) mass is 417 g/mol. The van der Waals surface area contributed by atoms with Gasteiger partial charge in [-0.2, -0.15) is 0 Å². The molecule has 0 unspecified atom stereocenters. The van der Waals surface area contributed by atoms with Gasteiger partial charge in [0, 0.05) is 12.6 Å². The van der Waals surface area contributed by atoms with Crippen LogP contribution in [0.1, 0.15) is 51.5 Å². The zero-order chi connectivity index (χ0) is 15.2. The molecule has 2 rings (SSSR count). The van der Waals surface area contributed by atoms with E-state index < -0.39 is 0 Å². The molecule has 1 aromatic rings. The molecule has 0 amide bonds. The van der Waals surface area contributed by atoms with Crippen LogP contribution in [-0.4, -0.2) is 12.6 Å². The Morgan fingerprint density at radius 3 is 2.38 bits per heavy atom. The minimum Gasteiger partial charge on any atom is -0.492 e. The van der Waals surface area contributed by atoms with Crippen LogP contribution in [0.2, 0.25) is 0 Å². The van der Waals surface area contributed by atoms with Crippen LogP contribution in [0.25, 0.3) is 0 Å². The van der Waals surface area contributed by atoms with E-state index in [1.807, 2.05) is 6.92 Å². The number of halogens is 2. The van der Waals surface area contributed by atoms with E-state index >= 15 is 0 Å². The van der Waals surface area contributed by atoms with Gasteiger partial charge in [-0.25, -0.2) is 0 Å². The summed E-state index contributed by atoms with van der Waals surface area (Å²) in [5.74, 6) is 1.73. The highest BCUT2D eigenvalue weighted by Crippen LogP contribution is 2.35. The summed E-state index contributed by atoms with van der Waals surface area (Å²) in [4.78, 5) is 0. The zero-order valence-corrected chi connectivity index (χ0v) is 16.1. The van der Waals surface area contributed by atoms with E-state index in [1.54, 1.807) is 0 Å². The van der Waals surface area contributed by atoms with Crippen molar-refractivity contribution in [2.75, 3.05) is 6.61 Å². The van der Waals surface area contributed by atoms with Crippen molar-refractivity contribution in [3.05, 3.63) is 26.6 Å². The maximum Gasteiger partial charge on any atom is 0.147 e. The van der Waals surface area contributed by atoms with Gasteiger partial charge in [0.05, 0.1) is 15.6 Å². The summed E-state index contributed by atoms with van der Waals surface area (Å²) in [6, 6.07) is 4.89. The van der Waals surface area contributed by atoms with Gasteiger partial charge < -0.3 is 10.1 Å². The predicted octanol–water partition coefficient (Wildman–Crippen LogP) is 5.67. The van der Waals surface area contributed by atoms with Crippen LogP contribution in [0, 0.1) is 5.92 Å². The Bertz CT molecular complexity index is 435. The van der Waals surface area contributed by atoms with Crippen LogP contribution >= 0.6 is 31.9 Å². The second-order valence-corrected chi connectivity index (χ2v) is 7.60. The maximum atomic E-state index is 5.63. The second kappa shape index (κ2) is 8.54. The minimum absolute atomic E-state index is 0.592. The molecule has 21 heavy (non-hydrogen) atoms. The number of nitrogens with one attached hydrogen (secondary N) is 1. The average Bonchev–Trinajstić information content (AvgIpc) is 2.49. The molecule has 0 spiro atoms. The Balaban J connectivity index is 1.93. The normalized spacial score (nSPS) is 17.7. The van der Waals surface area contributed by atoms with Crippen LogP contribution in [0.3, 0.4) is 0 Å². The van der Waals surface area contributed by atoms with Gasteiger partial charge in [0.25, 0.3) is 0 Å². The first-order valence-electron chi connectivity index (χ1n) is 7.96. The standard InChI is InChI=1S/C17H25Br2NO/c1-3-21-17-15(18)9-13(10-16(17)19)11-20-12(2)14-7-5-4-6-8-14/h9-10,12,14,20H,3-8,11H2,1-2H3/t12-/m0/s1. The van der Waals surface area contributed by atoms with Gasteiger partial charge in [0.1, 0.15) is 5.75 Å². The van der Waals surface area contributed by atoms with Crippen molar-refractivity contribution in [3.63, 3.8) is 0 Å². The van der Waals surface area contributed by atoms with Crippen LogP contribution in [-0.2, 0) is 6.54 Å². The minimum atomic E-state index is 0.592. The first-order chi connectivity index (χ1) is 10.1. The summed E-state index contributed by atoms with van der Waals surface area (Å²) in [6.07, 6.45) is 6.98. The molecule has 1 saturated carbocycles. The van der Waals surface area contributed by atoms with Crippen molar-refractivity contribution in [1.29, 1.82) is 0 Å². The molecule has 0 radical (unpaired) electrons. The Labute approximate surface area is 145 Å². The highest BCUT2D eigenvalue weighted by atomic mass is 79.9. The van der Waals surface area contributed by atoms with E-state index in [1.165, 1.54) is 37.7 Å². The van der Waals surface area contributed by atoms with E-state index in [0.717, 1.165) is 27.2 Å². The smallest absolute Gasteiger partial charge is 0.147 e. The van der Waals surface area contributed by atoms with Gasteiger partial charge in [-0.05, 0) is 82.2 Å². The Morgan fingerprint density at radius 1 is 1.19 bits per heavy atom. The van der Waals surface area contributed by atoms with E-state index in [2.05, 4.69) is 56.2 Å². The SMILES string of the molecule is CCOc1c(Br)cc(CN[C@@H](C)C2CCCCC2)cc1Br. The van der Waals surface area contributed by atoms with Crippen LogP contribution in [0.5, 0.6) is 5.75 Å². The lowest BCUT2D eigenvalue weighted by Crippen LogP contribution is -2.34. The van der Waals surface area contributed by atoms with Gasteiger partial charge in [-0.3, -0.25) is 0 Å². The molecular weight excluding hydrogens is 394 g/mol. The third-order valence-corrected chi connectivity index (χ3v) is 5.51. The van der Waals surface area contributed by atoms with Crippen molar-refractivity contribution in [1.82, 2.24) is 5.32 Å². The van der Waals surface area contributed by atoms with Gasteiger partial charge in [-0.1, -0.05) is 19.3 Å². The molecule has 2 nitrogen and oxygen atoms in total. The van der Waals surface area contributed by atoms with Crippen LogP contribution < -0.4 is 10.1 Å². The van der Waals surface area contributed by atoms with Crippen molar-refractivity contribution in [2.24, 2.45) is 5.92 Å². The van der Waals surface area contributed by atoms with Gasteiger partial charge in [-0.15, -0.1) is 0 Å². The summed E-state index contributed by atoms with van der Waals surface area (Å²) >= 11 is 7.20. The van der Waals surface area contributed by atoms with E-state index in [4.69, 9.17) is 4.74 Å². The predicted molar refractivity (Wildman–Crippen MR) is 95.9 cm³/mol. The summed E-state index contributed by atoms with van der Waals surface area (Å²) in [5, 5.41) is 3.69.